The third-order valence-corrected chi connectivity index (χ3v) is 4.13. The first-order chi connectivity index (χ1) is 10.3. The van der Waals surface area contributed by atoms with Gasteiger partial charge in [0.15, 0.2) is 0 Å². The second kappa shape index (κ2) is 4.93. The summed E-state index contributed by atoms with van der Waals surface area (Å²) < 4.78 is 7.42. The maximum atomic E-state index is 6.32. The lowest BCUT2D eigenvalue weighted by atomic mass is 9.96. The summed E-state index contributed by atoms with van der Waals surface area (Å²) in [7, 11) is 0. The lowest BCUT2D eigenvalue weighted by Gasteiger charge is -2.30. The molecule has 0 unspecified atom stereocenters. The van der Waals surface area contributed by atoms with Crippen molar-refractivity contribution in [1.82, 2.24) is 14.8 Å². The number of fused-ring (bicyclic) bond motifs is 1. The number of hydrogen-bond donors (Lipinski definition) is 1. The van der Waals surface area contributed by atoms with Crippen molar-refractivity contribution >= 4 is 17.5 Å². The average Bonchev–Trinajstić information content (AvgIpc) is 3.18. The van der Waals surface area contributed by atoms with Crippen LogP contribution in [0.3, 0.4) is 0 Å². The van der Waals surface area contributed by atoms with E-state index in [0.29, 0.717) is 0 Å². The molecule has 106 valence electrons. The molecule has 0 fully saturated rings. The Bertz CT molecular complexity index is 753. The Morgan fingerprint density at radius 3 is 2.95 bits per heavy atom. The van der Waals surface area contributed by atoms with Gasteiger partial charge in [0.1, 0.15) is 18.1 Å². The van der Waals surface area contributed by atoms with Crippen molar-refractivity contribution in [3.8, 4) is 0 Å². The molecule has 4 rings (SSSR count). The lowest BCUT2D eigenvalue weighted by molar-refractivity contribution is 0.358. The zero-order valence-corrected chi connectivity index (χ0v) is 11.9. The predicted octanol–water partition coefficient (Wildman–Crippen LogP) is 3.67. The van der Waals surface area contributed by atoms with E-state index in [1.165, 1.54) is 0 Å². The van der Waals surface area contributed by atoms with Crippen LogP contribution in [0.15, 0.2) is 53.4 Å². The molecule has 3 heterocycles. The Balaban J connectivity index is 1.76. The highest BCUT2D eigenvalue weighted by atomic mass is 35.5. The van der Waals surface area contributed by atoms with E-state index < -0.39 is 0 Å². The van der Waals surface area contributed by atoms with Crippen LogP contribution in [0.4, 0.5) is 5.95 Å². The van der Waals surface area contributed by atoms with Gasteiger partial charge in [-0.2, -0.15) is 10.1 Å². The van der Waals surface area contributed by atoms with Crippen LogP contribution in [0.2, 0.25) is 5.02 Å². The van der Waals surface area contributed by atoms with E-state index in [1.54, 1.807) is 12.6 Å². The molecule has 5 nitrogen and oxygen atoms in total. The van der Waals surface area contributed by atoms with Gasteiger partial charge in [0.25, 0.3) is 0 Å². The molecule has 0 saturated heterocycles. The van der Waals surface area contributed by atoms with Gasteiger partial charge in [0.2, 0.25) is 5.95 Å². The molecular weight excluding hydrogens is 288 g/mol. The minimum atomic E-state index is 0.0139. The molecule has 0 aliphatic carbocycles. The van der Waals surface area contributed by atoms with Crippen molar-refractivity contribution in [2.75, 3.05) is 5.32 Å². The summed E-state index contributed by atoms with van der Waals surface area (Å²) in [5, 5.41) is 8.44. The van der Waals surface area contributed by atoms with E-state index in [4.69, 9.17) is 16.0 Å². The fourth-order valence-electron chi connectivity index (χ4n) is 2.80. The molecule has 21 heavy (non-hydrogen) atoms. The van der Waals surface area contributed by atoms with Crippen molar-refractivity contribution < 1.29 is 4.42 Å². The maximum Gasteiger partial charge on any atom is 0.222 e. The average molecular weight is 301 g/mol. The van der Waals surface area contributed by atoms with Crippen LogP contribution in [0.1, 0.15) is 29.8 Å². The van der Waals surface area contributed by atoms with Gasteiger partial charge >= 0.3 is 0 Å². The molecule has 1 aliphatic rings. The third kappa shape index (κ3) is 2.10. The Hall–Kier alpha value is -2.27. The number of furan rings is 1. The number of halogens is 1. The Morgan fingerprint density at radius 2 is 2.14 bits per heavy atom. The van der Waals surface area contributed by atoms with E-state index in [2.05, 4.69) is 15.4 Å². The van der Waals surface area contributed by atoms with Gasteiger partial charge in [0, 0.05) is 11.4 Å². The smallest absolute Gasteiger partial charge is 0.222 e. The van der Waals surface area contributed by atoms with E-state index in [1.807, 2.05) is 41.1 Å². The Morgan fingerprint density at radius 1 is 1.24 bits per heavy atom. The van der Waals surface area contributed by atoms with Gasteiger partial charge in [-0.25, -0.2) is 4.68 Å². The highest BCUT2D eigenvalue weighted by Gasteiger charge is 2.32. The van der Waals surface area contributed by atoms with Crippen LogP contribution in [-0.2, 0) is 0 Å². The second-order valence-corrected chi connectivity index (χ2v) is 5.42. The van der Waals surface area contributed by atoms with Crippen LogP contribution in [0.25, 0.3) is 0 Å². The summed E-state index contributed by atoms with van der Waals surface area (Å²) in [5.74, 6) is 1.60. The van der Waals surface area contributed by atoms with Crippen LogP contribution in [0, 0.1) is 0 Å². The largest absolute Gasteiger partial charge is 0.467 e. The fraction of sp³-hybridized carbons (Fsp3) is 0.200. The van der Waals surface area contributed by atoms with E-state index in [-0.39, 0.29) is 12.1 Å². The van der Waals surface area contributed by atoms with Crippen molar-refractivity contribution in [1.29, 1.82) is 0 Å². The number of anilines is 1. The summed E-state index contributed by atoms with van der Waals surface area (Å²) in [4.78, 5) is 4.28. The molecular formula is C15H13ClN4O. The zero-order valence-electron chi connectivity index (χ0n) is 11.1. The predicted molar refractivity (Wildman–Crippen MR) is 79.3 cm³/mol. The molecule has 0 bridgehead atoms. The van der Waals surface area contributed by atoms with Crippen molar-refractivity contribution in [2.45, 2.75) is 18.5 Å². The molecule has 3 aromatic rings. The Labute approximate surface area is 126 Å². The molecule has 1 aromatic carbocycles. The van der Waals surface area contributed by atoms with Crippen molar-refractivity contribution in [2.24, 2.45) is 0 Å². The molecule has 1 aliphatic heterocycles. The third-order valence-electron chi connectivity index (χ3n) is 3.78. The summed E-state index contributed by atoms with van der Waals surface area (Å²) in [5.41, 5.74) is 1.06. The molecule has 0 amide bonds. The number of hydrogen-bond acceptors (Lipinski definition) is 4. The van der Waals surface area contributed by atoms with Gasteiger partial charge in [0.05, 0.1) is 12.3 Å². The van der Waals surface area contributed by atoms with E-state index >= 15 is 0 Å². The molecule has 1 N–H and O–H groups in total. The summed E-state index contributed by atoms with van der Waals surface area (Å²) >= 11 is 6.32. The molecule has 0 spiro atoms. The molecule has 0 saturated carbocycles. The molecule has 2 atom stereocenters. The SMILES string of the molecule is Clc1ccccc1[C@@H]1C[C@@H](c2ccco2)n2ncnc2N1. The van der Waals surface area contributed by atoms with Gasteiger partial charge < -0.3 is 9.73 Å². The monoisotopic (exact) mass is 300 g/mol. The topological polar surface area (TPSA) is 55.9 Å². The van der Waals surface area contributed by atoms with Gasteiger partial charge in [-0.3, -0.25) is 0 Å². The molecule has 6 heteroatoms. The van der Waals surface area contributed by atoms with E-state index in [0.717, 1.165) is 28.7 Å². The maximum absolute atomic E-state index is 6.32. The highest BCUT2D eigenvalue weighted by molar-refractivity contribution is 6.31. The van der Waals surface area contributed by atoms with Gasteiger partial charge in [-0.05, 0) is 23.8 Å². The Kier molecular flexibility index (Phi) is 2.93. The van der Waals surface area contributed by atoms with E-state index in [9.17, 15) is 0 Å². The quantitative estimate of drug-likeness (QED) is 0.784. The summed E-state index contributed by atoms with van der Waals surface area (Å²) in [6.45, 7) is 0. The fourth-order valence-corrected chi connectivity index (χ4v) is 3.07. The normalized spacial score (nSPS) is 20.8. The number of aromatic nitrogens is 3. The second-order valence-electron chi connectivity index (χ2n) is 5.01. The number of nitrogens with zero attached hydrogens (tertiary/aromatic N) is 3. The van der Waals surface area contributed by atoms with Gasteiger partial charge in [-0.15, -0.1) is 0 Å². The number of nitrogens with one attached hydrogen (secondary N) is 1. The molecule has 0 radical (unpaired) electrons. The number of rotatable bonds is 2. The summed E-state index contributed by atoms with van der Waals surface area (Å²) in [6.07, 6.45) is 4.03. The molecule has 2 aromatic heterocycles. The van der Waals surface area contributed by atoms with Crippen molar-refractivity contribution in [3.63, 3.8) is 0 Å². The first-order valence-corrected chi connectivity index (χ1v) is 7.14. The minimum Gasteiger partial charge on any atom is -0.467 e. The highest BCUT2D eigenvalue weighted by Crippen LogP contribution is 2.39. The first kappa shape index (κ1) is 12.5. The van der Waals surface area contributed by atoms with Crippen LogP contribution in [-0.4, -0.2) is 14.8 Å². The lowest BCUT2D eigenvalue weighted by Crippen LogP contribution is -2.28. The van der Waals surface area contributed by atoms with Gasteiger partial charge in [-0.1, -0.05) is 29.8 Å². The van der Waals surface area contributed by atoms with Crippen LogP contribution in [0.5, 0.6) is 0 Å². The number of benzene rings is 1. The first-order valence-electron chi connectivity index (χ1n) is 6.77. The minimum absolute atomic E-state index is 0.0139. The standard InChI is InChI=1S/C15H13ClN4O/c16-11-5-2-1-4-10(11)12-8-13(14-6-3-7-21-14)20-15(19-12)17-9-18-20/h1-7,9,12-13H,8H2,(H,17,18,19)/t12-,13-/m0/s1. The van der Waals surface area contributed by atoms with Crippen LogP contribution >= 0.6 is 11.6 Å². The zero-order chi connectivity index (χ0) is 14.2. The summed E-state index contributed by atoms with van der Waals surface area (Å²) in [6, 6.07) is 11.8. The van der Waals surface area contributed by atoms with Crippen molar-refractivity contribution in [3.05, 3.63) is 65.3 Å². The van der Waals surface area contributed by atoms with Crippen LogP contribution < -0.4 is 5.32 Å².